The van der Waals surface area contributed by atoms with E-state index in [1.54, 1.807) is 0 Å². The van der Waals surface area contributed by atoms with Crippen LogP contribution in [-0.4, -0.2) is 6.54 Å². The molecule has 0 aliphatic heterocycles. The first-order valence-corrected chi connectivity index (χ1v) is 6.77. The lowest BCUT2D eigenvalue weighted by Gasteiger charge is -2.21. The second-order valence-corrected chi connectivity index (χ2v) is 5.24. The smallest absolute Gasteiger partial charge is 0.0638 e. The minimum absolute atomic E-state index is 0.0957. The Bertz CT molecular complexity index is 566. The first kappa shape index (κ1) is 13.9. The van der Waals surface area contributed by atoms with Crippen LogP contribution in [0.3, 0.4) is 0 Å². The van der Waals surface area contributed by atoms with E-state index < -0.39 is 0 Å². The maximum absolute atomic E-state index is 6.00. The minimum atomic E-state index is 0.0957. The molecular weight excluding hydrogens is 256 g/mol. The van der Waals surface area contributed by atoms with Crippen molar-refractivity contribution < 1.29 is 0 Å². The van der Waals surface area contributed by atoms with Crippen molar-refractivity contribution in [3.05, 3.63) is 64.2 Å². The molecule has 1 unspecified atom stereocenters. The van der Waals surface area contributed by atoms with Gasteiger partial charge < -0.3 is 11.1 Å². The Balaban J connectivity index is 2.27. The van der Waals surface area contributed by atoms with E-state index in [0.717, 1.165) is 10.7 Å². The van der Waals surface area contributed by atoms with E-state index in [4.69, 9.17) is 17.3 Å². The van der Waals surface area contributed by atoms with Gasteiger partial charge in [0.15, 0.2) is 0 Å². The Kier molecular flexibility index (Phi) is 4.46. The maximum Gasteiger partial charge on any atom is 0.0638 e. The van der Waals surface area contributed by atoms with Gasteiger partial charge in [0, 0.05) is 17.3 Å². The molecule has 0 saturated heterocycles. The molecule has 19 heavy (non-hydrogen) atoms. The highest BCUT2D eigenvalue weighted by Crippen LogP contribution is 2.24. The standard InChI is InChI=1S/C16H19ClN2/c1-11-6-7-12(2)15(8-11)16(10-18)19-14-5-3-4-13(17)9-14/h3-9,16,19H,10,18H2,1-2H3. The zero-order valence-electron chi connectivity index (χ0n) is 11.3. The zero-order valence-corrected chi connectivity index (χ0v) is 12.0. The van der Waals surface area contributed by atoms with Crippen LogP contribution in [0.25, 0.3) is 0 Å². The van der Waals surface area contributed by atoms with E-state index >= 15 is 0 Å². The highest BCUT2D eigenvalue weighted by Gasteiger charge is 2.12. The van der Waals surface area contributed by atoms with Gasteiger partial charge in [0.25, 0.3) is 0 Å². The van der Waals surface area contributed by atoms with Gasteiger partial charge in [-0.1, -0.05) is 41.4 Å². The third-order valence-electron chi connectivity index (χ3n) is 3.21. The van der Waals surface area contributed by atoms with E-state index in [-0.39, 0.29) is 6.04 Å². The van der Waals surface area contributed by atoms with Gasteiger partial charge in [0.2, 0.25) is 0 Å². The molecule has 0 aromatic heterocycles. The average molecular weight is 275 g/mol. The first-order valence-electron chi connectivity index (χ1n) is 6.39. The van der Waals surface area contributed by atoms with Crippen molar-refractivity contribution >= 4 is 17.3 Å². The van der Waals surface area contributed by atoms with Crippen LogP contribution in [0, 0.1) is 13.8 Å². The number of nitrogens with two attached hydrogens (primary N) is 1. The summed E-state index contributed by atoms with van der Waals surface area (Å²) < 4.78 is 0. The largest absolute Gasteiger partial charge is 0.377 e. The molecule has 2 nitrogen and oxygen atoms in total. The van der Waals surface area contributed by atoms with E-state index in [9.17, 15) is 0 Å². The predicted octanol–water partition coefficient (Wildman–Crippen LogP) is 4.07. The average Bonchev–Trinajstić information content (AvgIpc) is 2.39. The SMILES string of the molecule is Cc1ccc(C)c(C(CN)Nc2cccc(Cl)c2)c1. The third kappa shape index (κ3) is 3.49. The lowest BCUT2D eigenvalue weighted by Crippen LogP contribution is -2.21. The number of benzene rings is 2. The van der Waals surface area contributed by atoms with Gasteiger partial charge in [0.05, 0.1) is 6.04 Å². The Morgan fingerprint density at radius 3 is 2.63 bits per heavy atom. The fourth-order valence-corrected chi connectivity index (χ4v) is 2.37. The molecular formula is C16H19ClN2. The van der Waals surface area contributed by atoms with Crippen LogP contribution in [0.4, 0.5) is 5.69 Å². The van der Waals surface area contributed by atoms with Crippen LogP contribution >= 0.6 is 11.6 Å². The first-order chi connectivity index (χ1) is 9.10. The molecule has 0 fully saturated rings. The Morgan fingerprint density at radius 2 is 1.95 bits per heavy atom. The van der Waals surface area contributed by atoms with Gasteiger partial charge in [-0.15, -0.1) is 0 Å². The summed E-state index contributed by atoms with van der Waals surface area (Å²) >= 11 is 6.00. The van der Waals surface area contributed by atoms with Crippen LogP contribution in [0.15, 0.2) is 42.5 Å². The van der Waals surface area contributed by atoms with Crippen LogP contribution < -0.4 is 11.1 Å². The molecule has 3 N–H and O–H groups in total. The van der Waals surface area contributed by atoms with Gasteiger partial charge in [-0.25, -0.2) is 0 Å². The van der Waals surface area contributed by atoms with Gasteiger partial charge in [0.1, 0.15) is 0 Å². The van der Waals surface area contributed by atoms with Gasteiger partial charge >= 0.3 is 0 Å². The van der Waals surface area contributed by atoms with E-state index in [2.05, 4.69) is 37.4 Å². The molecule has 1 atom stereocenters. The number of halogens is 1. The molecule has 100 valence electrons. The van der Waals surface area contributed by atoms with E-state index in [1.807, 2.05) is 24.3 Å². The lowest BCUT2D eigenvalue weighted by molar-refractivity contribution is 0.782. The Labute approximate surface area is 119 Å². The number of hydrogen-bond acceptors (Lipinski definition) is 2. The molecule has 0 spiro atoms. The molecule has 3 heteroatoms. The van der Waals surface area contributed by atoms with Crippen molar-refractivity contribution in [3.63, 3.8) is 0 Å². The summed E-state index contributed by atoms with van der Waals surface area (Å²) in [6.07, 6.45) is 0. The summed E-state index contributed by atoms with van der Waals surface area (Å²) in [5, 5.41) is 4.17. The predicted molar refractivity (Wildman–Crippen MR) is 82.8 cm³/mol. The molecule has 0 bridgehead atoms. The summed E-state index contributed by atoms with van der Waals surface area (Å²) in [6.45, 7) is 4.74. The van der Waals surface area contributed by atoms with Crippen molar-refractivity contribution in [1.29, 1.82) is 0 Å². The number of rotatable bonds is 4. The molecule has 0 radical (unpaired) electrons. The highest BCUT2D eigenvalue weighted by molar-refractivity contribution is 6.30. The Morgan fingerprint density at radius 1 is 1.16 bits per heavy atom. The van der Waals surface area contributed by atoms with Crippen molar-refractivity contribution in [2.45, 2.75) is 19.9 Å². The van der Waals surface area contributed by atoms with Crippen molar-refractivity contribution in [2.75, 3.05) is 11.9 Å². The zero-order chi connectivity index (χ0) is 13.8. The van der Waals surface area contributed by atoms with Crippen LogP contribution in [0.2, 0.25) is 5.02 Å². The van der Waals surface area contributed by atoms with E-state index in [1.165, 1.54) is 16.7 Å². The van der Waals surface area contributed by atoms with Gasteiger partial charge in [-0.05, 0) is 43.2 Å². The second-order valence-electron chi connectivity index (χ2n) is 4.80. The molecule has 2 aromatic rings. The molecule has 0 heterocycles. The van der Waals surface area contributed by atoms with Crippen LogP contribution in [-0.2, 0) is 0 Å². The van der Waals surface area contributed by atoms with Crippen molar-refractivity contribution in [2.24, 2.45) is 5.73 Å². The number of hydrogen-bond donors (Lipinski definition) is 2. The van der Waals surface area contributed by atoms with Crippen LogP contribution in [0.1, 0.15) is 22.7 Å². The number of anilines is 1. The van der Waals surface area contributed by atoms with Gasteiger partial charge in [-0.2, -0.15) is 0 Å². The minimum Gasteiger partial charge on any atom is -0.377 e. The molecule has 2 aromatic carbocycles. The summed E-state index contributed by atoms with van der Waals surface area (Å²) in [4.78, 5) is 0. The molecule has 2 rings (SSSR count). The van der Waals surface area contributed by atoms with E-state index in [0.29, 0.717) is 6.54 Å². The Hall–Kier alpha value is -1.51. The summed E-state index contributed by atoms with van der Waals surface area (Å²) in [5.41, 5.74) is 10.6. The normalized spacial score (nSPS) is 12.2. The van der Waals surface area contributed by atoms with Crippen molar-refractivity contribution in [3.8, 4) is 0 Å². The fourth-order valence-electron chi connectivity index (χ4n) is 2.18. The third-order valence-corrected chi connectivity index (χ3v) is 3.45. The van der Waals surface area contributed by atoms with Crippen molar-refractivity contribution in [1.82, 2.24) is 0 Å². The topological polar surface area (TPSA) is 38.0 Å². The van der Waals surface area contributed by atoms with Gasteiger partial charge in [-0.3, -0.25) is 0 Å². The molecule has 0 aliphatic carbocycles. The lowest BCUT2D eigenvalue weighted by atomic mass is 9.98. The maximum atomic E-state index is 6.00. The summed E-state index contributed by atoms with van der Waals surface area (Å²) in [5.74, 6) is 0. The highest BCUT2D eigenvalue weighted by atomic mass is 35.5. The molecule has 0 saturated carbocycles. The second kappa shape index (κ2) is 6.09. The fraction of sp³-hybridized carbons (Fsp3) is 0.250. The summed E-state index contributed by atoms with van der Waals surface area (Å²) in [6, 6.07) is 14.2. The molecule has 0 aliphatic rings. The quantitative estimate of drug-likeness (QED) is 0.882. The number of aryl methyl sites for hydroxylation is 2. The summed E-state index contributed by atoms with van der Waals surface area (Å²) in [7, 11) is 0. The monoisotopic (exact) mass is 274 g/mol. The number of nitrogens with one attached hydrogen (secondary N) is 1. The molecule has 0 amide bonds. The van der Waals surface area contributed by atoms with Crippen LogP contribution in [0.5, 0.6) is 0 Å².